The van der Waals surface area contributed by atoms with Crippen molar-refractivity contribution in [1.29, 1.82) is 0 Å². The van der Waals surface area contributed by atoms with E-state index in [1.165, 1.54) is 4.90 Å². The lowest BCUT2D eigenvalue weighted by Crippen LogP contribution is -2.36. The summed E-state index contributed by atoms with van der Waals surface area (Å²) in [4.78, 5) is 25.0. The minimum Gasteiger partial charge on any atom is -0.480 e. The zero-order chi connectivity index (χ0) is 15.4. The van der Waals surface area contributed by atoms with E-state index in [1.807, 2.05) is 13.0 Å². The summed E-state index contributed by atoms with van der Waals surface area (Å²) in [5.41, 5.74) is 1.65. The molecule has 0 aliphatic rings. The maximum Gasteiger partial charge on any atom is 0.323 e. The fraction of sp³-hybridized carbons (Fsp3) is 0.267. The highest BCUT2D eigenvalue weighted by molar-refractivity contribution is 6.08. The van der Waals surface area contributed by atoms with Crippen molar-refractivity contribution in [2.45, 2.75) is 13.3 Å². The van der Waals surface area contributed by atoms with Gasteiger partial charge in [0.1, 0.15) is 6.54 Å². The monoisotopic (exact) mass is 287 g/mol. The third kappa shape index (κ3) is 3.28. The summed E-state index contributed by atoms with van der Waals surface area (Å²) in [6, 6.07) is 8.77. The first kappa shape index (κ1) is 14.8. The van der Waals surface area contributed by atoms with Crippen molar-refractivity contribution in [3.8, 4) is 0 Å². The van der Waals surface area contributed by atoms with Crippen LogP contribution in [0.25, 0.3) is 0 Å². The molecule has 2 rings (SSSR count). The number of aryl methyl sites for hydroxylation is 2. The highest BCUT2D eigenvalue weighted by Crippen LogP contribution is 2.18. The predicted molar refractivity (Wildman–Crippen MR) is 78.3 cm³/mol. The number of nitrogens with zero attached hydrogens (tertiary/aromatic N) is 3. The van der Waals surface area contributed by atoms with Crippen molar-refractivity contribution >= 4 is 17.6 Å². The van der Waals surface area contributed by atoms with Crippen LogP contribution in [-0.2, 0) is 18.3 Å². The number of carbonyl (C=O) groups is 2. The molecule has 0 spiro atoms. The molecular formula is C15H17N3O3. The number of aliphatic carboxylic acids is 1. The normalized spacial score (nSPS) is 10.4. The topological polar surface area (TPSA) is 75.4 Å². The standard InChI is InChI=1S/C15H17N3O3/c1-3-13-12(9-17(2)16-13)15(21)18(10-14(19)20)11-7-5-4-6-8-11/h4-9H,3,10H2,1-2H3,(H,19,20). The van der Waals surface area contributed by atoms with Crippen LogP contribution < -0.4 is 4.90 Å². The van der Waals surface area contributed by atoms with Gasteiger partial charge in [0, 0.05) is 18.9 Å². The Kier molecular flexibility index (Phi) is 4.37. The van der Waals surface area contributed by atoms with Gasteiger partial charge in [0.15, 0.2) is 0 Å². The lowest BCUT2D eigenvalue weighted by atomic mass is 10.1. The van der Waals surface area contributed by atoms with Crippen molar-refractivity contribution in [1.82, 2.24) is 9.78 Å². The van der Waals surface area contributed by atoms with E-state index in [9.17, 15) is 9.59 Å². The first-order chi connectivity index (χ1) is 10.0. The number of amides is 1. The molecule has 1 aromatic carbocycles. The zero-order valence-electron chi connectivity index (χ0n) is 12.0. The smallest absolute Gasteiger partial charge is 0.323 e. The van der Waals surface area contributed by atoms with Gasteiger partial charge >= 0.3 is 5.97 Å². The molecule has 1 aromatic heterocycles. The Morgan fingerprint density at radius 1 is 1.29 bits per heavy atom. The van der Waals surface area contributed by atoms with E-state index in [-0.39, 0.29) is 12.5 Å². The van der Waals surface area contributed by atoms with Gasteiger partial charge in [0.2, 0.25) is 0 Å². The number of benzene rings is 1. The van der Waals surface area contributed by atoms with Crippen molar-refractivity contribution in [3.05, 3.63) is 47.8 Å². The van der Waals surface area contributed by atoms with E-state index < -0.39 is 5.97 Å². The van der Waals surface area contributed by atoms with Gasteiger partial charge in [-0.15, -0.1) is 0 Å². The Labute approximate surface area is 122 Å². The molecule has 0 unspecified atom stereocenters. The Morgan fingerprint density at radius 3 is 2.52 bits per heavy atom. The summed E-state index contributed by atoms with van der Waals surface area (Å²) in [5, 5.41) is 13.3. The van der Waals surface area contributed by atoms with E-state index in [2.05, 4.69) is 5.10 Å². The molecule has 1 amide bonds. The Bertz CT molecular complexity index is 649. The zero-order valence-corrected chi connectivity index (χ0v) is 12.0. The Hall–Kier alpha value is -2.63. The number of carboxylic acids is 1. The molecule has 6 nitrogen and oxygen atoms in total. The molecule has 6 heteroatoms. The molecule has 1 N–H and O–H groups in total. The van der Waals surface area contributed by atoms with E-state index in [4.69, 9.17) is 5.11 Å². The van der Waals surface area contributed by atoms with Gasteiger partial charge in [-0.1, -0.05) is 25.1 Å². The molecule has 0 bridgehead atoms. The molecule has 0 aliphatic heterocycles. The average molecular weight is 287 g/mol. The molecule has 2 aromatic rings. The third-order valence-electron chi connectivity index (χ3n) is 3.08. The second-order valence-corrected chi connectivity index (χ2v) is 4.64. The average Bonchev–Trinajstić information content (AvgIpc) is 2.86. The van der Waals surface area contributed by atoms with Crippen LogP contribution in [-0.4, -0.2) is 33.3 Å². The molecule has 0 fully saturated rings. The third-order valence-corrected chi connectivity index (χ3v) is 3.08. The molecule has 0 saturated carbocycles. The van der Waals surface area contributed by atoms with Crippen LogP contribution in [0.15, 0.2) is 36.5 Å². The van der Waals surface area contributed by atoms with Gasteiger partial charge in [0.05, 0.1) is 11.3 Å². The highest BCUT2D eigenvalue weighted by atomic mass is 16.4. The SMILES string of the molecule is CCc1nn(C)cc1C(=O)N(CC(=O)O)c1ccccc1. The maximum absolute atomic E-state index is 12.7. The van der Waals surface area contributed by atoms with Crippen LogP contribution in [0.2, 0.25) is 0 Å². The van der Waals surface area contributed by atoms with E-state index in [0.29, 0.717) is 23.4 Å². The molecule has 0 atom stereocenters. The Morgan fingerprint density at radius 2 is 1.95 bits per heavy atom. The summed E-state index contributed by atoms with van der Waals surface area (Å²) in [5.74, 6) is -1.41. The fourth-order valence-corrected chi connectivity index (χ4v) is 2.14. The first-order valence-electron chi connectivity index (χ1n) is 6.64. The summed E-state index contributed by atoms with van der Waals surface area (Å²) >= 11 is 0. The summed E-state index contributed by atoms with van der Waals surface area (Å²) in [6.07, 6.45) is 2.23. The van der Waals surface area contributed by atoms with Gasteiger partial charge in [-0.25, -0.2) is 0 Å². The quantitative estimate of drug-likeness (QED) is 0.908. The number of hydrogen-bond acceptors (Lipinski definition) is 3. The molecule has 1 heterocycles. The van der Waals surface area contributed by atoms with Gasteiger partial charge in [-0.3, -0.25) is 19.2 Å². The summed E-state index contributed by atoms with van der Waals surface area (Å²) in [6.45, 7) is 1.52. The van der Waals surface area contributed by atoms with Gasteiger partial charge in [0.25, 0.3) is 5.91 Å². The number of aromatic nitrogens is 2. The predicted octanol–water partition coefficient (Wildman–Crippen LogP) is 1.71. The number of para-hydroxylation sites is 1. The van der Waals surface area contributed by atoms with Crippen molar-refractivity contribution in [2.24, 2.45) is 7.05 Å². The Balaban J connectivity index is 2.41. The minimum absolute atomic E-state index is 0.353. The molecule has 110 valence electrons. The van der Waals surface area contributed by atoms with Gasteiger partial charge in [-0.05, 0) is 18.6 Å². The van der Waals surface area contributed by atoms with Gasteiger partial charge < -0.3 is 5.11 Å². The number of rotatable bonds is 5. The van der Waals surface area contributed by atoms with Crippen LogP contribution in [0.5, 0.6) is 0 Å². The summed E-state index contributed by atoms with van der Waals surface area (Å²) < 4.78 is 1.57. The first-order valence-corrected chi connectivity index (χ1v) is 6.64. The van der Waals surface area contributed by atoms with Crippen LogP contribution in [0.3, 0.4) is 0 Å². The molecular weight excluding hydrogens is 270 g/mol. The maximum atomic E-state index is 12.7. The number of anilines is 1. The molecule has 0 radical (unpaired) electrons. The number of carboxylic acid groups (broad SMARTS) is 1. The van der Waals surface area contributed by atoms with E-state index in [0.717, 1.165) is 0 Å². The molecule has 0 saturated heterocycles. The molecule has 21 heavy (non-hydrogen) atoms. The van der Waals surface area contributed by atoms with Crippen molar-refractivity contribution in [2.75, 3.05) is 11.4 Å². The second-order valence-electron chi connectivity index (χ2n) is 4.64. The van der Waals surface area contributed by atoms with Gasteiger partial charge in [-0.2, -0.15) is 5.10 Å². The second kappa shape index (κ2) is 6.21. The van der Waals surface area contributed by atoms with E-state index >= 15 is 0 Å². The fourth-order valence-electron chi connectivity index (χ4n) is 2.14. The van der Waals surface area contributed by atoms with Crippen LogP contribution in [0.4, 0.5) is 5.69 Å². The molecule has 0 aliphatic carbocycles. The van der Waals surface area contributed by atoms with Crippen LogP contribution in [0, 0.1) is 0 Å². The summed E-state index contributed by atoms with van der Waals surface area (Å²) in [7, 11) is 1.74. The number of carbonyl (C=O) groups excluding carboxylic acids is 1. The largest absolute Gasteiger partial charge is 0.480 e. The van der Waals surface area contributed by atoms with Crippen molar-refractivity contribution in [3.63, 3.8) is 0 Å². The van der Waals surface area contributed by atoms with Crippen molar-refractivity contribution < 1.29 is 14.7 Å². The van der Waals surface area contributed by atoms with E-state index in [1.54, 1.807) is 42.2 Å². The minimum atomic E-state index is -1.06. The lowest BCUT2D eigenvalue weighted by Gasteiger charge is -2.20. The number of hydrogen-bond donors (Lipinski definition) is 1. The van der Waals surface area contributed by atoms with Crippen LogP contribution in [0.1, 0.15) is 23.0 Å². The highest BCUT2D eigenvalue weighted by Gasteiger charge is 2.24. The lowest BCUT2D eigenvalue weighted by molar-refractivity contribution is -0.135. The van der Waals surface area contributed by atoms with Crippen LogP contribution >= 0.6 is 0 Å².